The fraction of sp³-hybridized carbons (Fsp3) is 0.400. The highest BCUT2D eigenvalue weighted by molar-refractivity contribution is 5.85. The summed E-state index contributed by atoms with van der Waals surface area (Å²) in [6.45, 7) is 14.0. The predicted octanol–water partition coefficient (Wildman–Crippen LogP) is 1.30. The third-order valence-electron chi connectivity index (χ3n) is 1.41. The molecule has 8 heteroatoms. The number of aliphatic hydroxyl groups is 2. The smallest absolute Gasteiger partial charge is 0.330 e. The first-order valence-electron chi connectivity index (χ1n) is 6.23. The van der Waals surface area contributed by atoms with Gasteiger partial charge in [0.25, 0.3) is 0 Å². The summed E-state index contributed by atoms with van der Waals surface area (Å²) in [5, 5.41) is 39.5. The van der Waals surface area contributed by atoms with E-state index in [1.54, 1.807) is 0 Å². The van der Waals surface area contributed by atoms with Crippen LogP contribution in [0.4, 0.5) is 0 Å². The minimum absolute atomic E-state index is 0.0938. The van der Waals surface area contributed by atoms with Crippen LogP contribution in [0.25, 0.3) is 0 Å². The topological polar surface area (TPSA) is 152 Å². The number of aliphatic carboxylic acids is 3. The molecule has 8 nitrogen and oxygen atoms in total. The Hall–Kier alpha value is -2.45. The van der Waals surface area contributed by atoms with Crippen LogP contribution in [0.3, 0.4) is 0 Å². The van der Waals surface area contributed by atoms with Crippen LogP contribution in [0.2, 0.25) is 0 Å². The highest BCUT2D eigenvalue weighted by Crippen LogP contribution is 1.82. The maximum Gasteiger partial charge on any atom is 0.330 e. The largest absolute Gasteiger partial charge is 0.478 e. The van der Waals surface area contributed by atoms with Crippen molar-refractivity contribution in [3.63, 3.8) is 0 Å². The molecule has 0 amide bonds. The Morgan fingerprint density at radius 3 is 0.783 bits per heavy atom. The Bertz CT molecular complexity index is 315. The minimum Gasteiger partial charge on any atom is -0.478 e. The van der Waals surface area contributed by atoms with Gasteiger partial charge in [0.05, 0.1) is 0 Å². The summed E-state index contributed by atoms with van der Waals surface area (Å²) in [6.07, 6.45) is 0.500. The van der Waals surface area contributed by atoms with E-state index >= 15 is 0 Å². The van der Waals surface area contributed by atoms with Gasteiger partial charge in [-0.1, -0.05) is 19.7 Å². The van der Waals surface area contributed by atoms with E-state index in [1.165, 1.54) is 20.8 Å². The molecule has 0 aliphatic rings. The Morgan fingerprint density at radius 1 is 0.652 bits per heavy atom. The van der Waals surface area contributed by atoms with Crippen LogP contribution in [0.1, 0.15) is 27.2 Å². The van der Waals surface area contributed by atoms with Gasteiger partial charge in [-0.15, -0.1) is 0 Å². The van der Waals surface area contributed by atoms with Crippen molar-refractivity contribution in [2.45, 2.75) is 27.2 Å². The van der Waals surface area contributed by atoms with E-state index in [9.17, 15) is 14.4 Å². The molecule has 0 aliphatic heterocycles. The Balaban J connectivity index is -0.000000105. The van der Waals surface area contributed by atoms with E-state index in [1.807, 2.05) is 0 Å². The first-order valence-corrected chi connectivity index (χ1v) is 6.23. The molecule has 0 unspecified atom stereocenters. The zero-order valence-electron chi connectivity index (χ0n) is 13.7. The molecule has 134 valence electrons. The molecule has 0 saturated heterocycles. The lowest BCUT2D eigenvalue weighted by Crippen LogP contribution is -1.92. The minimum atomic E-state index is -0.935. The summed E-state index contributed by atoms with van der Waals surface area (Å²) in [4.78, 5) is 28.8. The van der Waals surface area contributed by atoms with Crippen LogP contribution in [0.5, 0.6) is 0 Å². The number of carboxylic acid groups (broad SMARTS) is 3. The van der Waals surface area contributed by atoms with Gasteiger partial charge >= 0.3 is 17.9 Å². The molecule has 0 heterocycles. The van der Waals surface area contributed by atoms with Crippen molar-refractivity contribution in [1.29, 1.82) is 0 Å². The fourth-order valence-electron chi connectivity index (χ4n) is 0.0707. The monoisotopic (exact) mass is 334 g/mol. The van der Waals surface area contributed by atoms with Crippen molar-refractivity contribution in [3.05, 3.63) is 36.5 Å². The lowest BCUT2D eigenvalue weighted by atomic mass is 10.4. The number of carboxylic acids is 3. The highest BCUT2D eigenvalue weighted by Gasteiger charge is 1.91. The molecule has 0 aromatic carbocycles. The van der Waals surface area contributed by atoms with E-state index in [0.29, 0.717) is 6.42 Å². The van der Waals surface area contributed by atoms with Crippen LogP contribution in [-0.4, -0.2) is 56.7 Å². The second-order valence-corrected chi connectivity index (χ2v) is 4.06. The average molecular weight is 334 g/mol. The van der Waals surface area contributed by atoms with E-state index in [4.69, 9.17) is 25.5 Å². The summed E-state index contributed by atoms with van der Waals surface area (Å²) >= 11 is 0. The van der Waals surface area contributed by atoms with Gasteiger partial charge in [-0.2, -0.15) is 0 Å². The zero-order chi connectivity index (χ0) is 19.6. The molecule has 0 aromatic rings. The van der Waals surface area contributed by atoms with Crippen molar-refractivity contribution in [3.8, 4) is 0 Å². The summed E-state index contributed by atoms with van der Waals surface area (Å²) in [5.41, 5.74) is 0.528. The first-order chi connectivity index (χ1) is 10.3. The van der Waals surface area contributed by atoms with Gasteiger partial charge in [-0.3, -0.25) is 0 Å². The molecule has 0 radical (unpaired) electrons. The Kier molecular flexibility index (Phi) is 24.4. The van der Waals surface area contributed by atoms with Gasteiger partial charge in [0.1, 0.15) is 0 Å². The van der Waals surface area contributed by atoms with Crippen molar-refractivity contribution < 1.29 is 39.9 Å². The Morgan fingerprint density at radius 2 is 0.783 bits per heavy atom. The standard InChI is InChI=1S/3C4H6O2.C3H8O2/c3*1-3(2)4(5)6;4-2-1-3-5/h3*1H2,2H3,(H,5,6);4-5H,1-3H2. The molecule has 0 atom stereocenters. The molecule has 5 N–H and O–H groups in total. The molecule has 0 fully saturated rings. The zero-order valence-corrected chi connectivity index (χ0v) is 13.7. The van der Waals surface area contributed by atoms with Crippen LogP contribution in [-0.2, 0) is 14.4 Å². The molecule has 0 spiro atoms. The summed E-state index contributed by atoms with van der Waals surface area (Å²) < 4.78 is 0. The second-order valence-electron chi connectivity index (χ2n) is 4.06. The van der Waals surface area contributed by atoms with E-state index in [-0.39, 0.29) is 29.9 Å². The maximum absolute atomic E-state index is 9.60. The van der Waals surface area contributed by atoms with Crippen LogP contribution >= 0.6 is 0 Å². The van der Waals surface area contributed by atoms with Crippen molar-refractivity contribution in [2.75, 3.05) is 13.2 Å². The molecule has 23 heavy (non-hydrogen) atoms. The molecule has 0 aliphatic carbocycles. The third kappa shape index (κ3) is 45.1. The van der Waals surface area contributed by atoms with E-state index in [0.717, 1.165) is 0 Å². The molecular weight excluding hydrogens is 308 g/mol. The van der Waals surface area contributed by atoms with Crippen molar-refractivity contribution in [2.24, 2.45) is 0 Å². The number of carbonyl (C=O) groups is 3. The first kappa shape index (κ1) is 28.7. The highest BCUT2D eigenvalue weighted by atomic mass is 16.4. The Labute approximate surface area is 135 Å². The fourth-order valence-corrected chi connectivity index (χ4v) is 0.0707. The van der Waals surface area contributed by atoms with Crippen LogP contribution in [0, 0.1) is 0 Å². The SMILES string of the molecule is C=C(C)C(=O)O.C=C(C)C(=O)O.C=C(C)C(=O)O.OCCCO. The molecule has 0 aromatic heterocycles. The lowest BCUT2D eigenvalue weighted by molar-refractivity contribution is -0.133. The van der Waals surface area contributed by atoms with E-state index in [2.05, 4.69) is 19.7 Å². The van der Waals surface area contributed by atoms with Gasteiger partial charge in [-0.05, 0) is 27.2 Å². The normalized spacial score (nSPS) is 7.70. The molecular formula is C15H26O8. The van der Waals surface area contributed by atoms with E-state index < -0.39 is 17.9 Å². The lowest BCUT2D eigenvalue weighted by Gasteiger charge is -1.79. The van der Waals surface area contributed by atoms with Crippen molar-refractivity contribution >= 4 is 17.9 Å². The number of hydrogen-bond donors (Lipinski definition) is 5. The maximum atomic E-state index is 9.60. The molecule has 0 saturated carbocycles. The van der Waals surface area contributed by atoms with Gasteiger partial charge < -0.3 is 25.5 Å². The number of aliphatic hydroxyl groups excluding tert-OH is 2. The van der Waals surface area contributed by atoms with Gasteiger partial charge in [-0.25, -0.2) is 14.4 Å². The average Bonchev–Trinajstić information content (AvgIpc) is 2.41. The second kappa shape index (κ2) is 19.6. The summed E-state index contributed by atoms with van der Waals surface area (Å²) in [5.74, 6) is -2.81. The number of hydrogen-bond acceptors (Lipinski definition) is 5. The van der Waals surface area contributed by atoms with Gasteiger partial charge in [0.15, 0.2) is 0 Å². The number of rotatable bonds is 5. The van der Waals surface area contributed by atoms with Crippen LogP contribution < -0.4 is 0 Å². The van der Waals surface area contributed by atoms with Crippen molar-refractivity contribution in [1.82, 2.24) is 0 Å². The third-order valence-corrected chi connectivity index (χ3v) is 1.41. The summed E-state index contributed by atoms with van der Waals surface area (Å²) in [6, 6.07) is 0. The van der Waals surface area contributed by atoms with Gasteiger partial charge in [0.2, 0.25) is 0 Å². The molecule has 0 bridgehead atoms. The predicted molar refractivity (Wildman–Crippen MR) is 86.1 cm³/mol. The summed E-state index contributed by atoms with van der Waals surface area (Å²) in [7, 11) is 0. The van der Waals surface area contributed by atoms with Crippen LogP contribution in [0.15, 0.2) is 36.5 Å². The van der Waals surface area contributed by atoms with Gasteiger partial charge in [0, 0.05) is 29.9 Å². The quantitative estimate of drug-likeness (QED) is 0.472. The molecule has 0 rings (SSSR count).